The van der Waals surface area contributed by atoms with Crippen molar-refractivity contribution in [1.29, 1.82) is 0 Å². The van der Waals surface area contributed by atoms with Gasteiger partial charge >= 0.3 is 0 Å². The first-order valence-corrected chi connectivity index (χ1v) is 3.47. The molecule has 11 heavy (non-hydrogen) atoms. The molecule has 1 heteroatoms. The van der Waals surface area contributed by atoms with Crippen molar-refractivity contribution in [3.8, 4) is 18.1 Å². The highest BCUT2D eigenvalue weighted by Gasteiger charge is 1.91. The van der Waals surface area contributed by atoms with Gasteiger partial charge in [0.05, 0.1) is 6.61 Å². The van der Waals surface area contributed by atoms with Gasteiger partial charge in [0.25, 0.3) is 0 Å². The van der Waals surface area contributed by atoms with Crippen LogP contribution in [0.2, 0.25) is 0 Å². The topological polar surface area (TPSA) is 9.23 Å². The second-order valence-electron chi connectivity index (χ2n) is 2.03. The lowest BCUT2D eigenvalue weighted by atomic mass is 10.2. The number of ether oxygens (including phenoxy) is 1. The molecular weight excluding hydrogens is 136 g/mol. The molecule has 0 heterocycles. The van der Waals surface area contributed by atoms with Crippen LogP contribution in [0.4, 0.5) is 0 Å². The third-order valence-corrected chi connectivity index (χ3v) is 1.24. The second kappa shape index (κ2) is 3.68. The van der Waals surface area contributed by atoms with Crippen LogP contribution in [0.1, 0.15) is 12.5 Å². The van der Waals surface area contributed by atoms with Crippen LogP contribution in [0.5, 0.6) is 5.75 Å². The van der Waals surface area contributed by atoms with Crippen molar-refractivity contribution in [3.63, 3.8) is 0 Å². The second-order valence-corrected chi connectivity index (χ2v) is 2.03. The van der Waals surface area contributed by atoms with Crippen molar-refractivity contribution >= 4 is 0 Å². The Bertz CT molecular complexity index is 270. The maximum Gasteiger partial charge on any atom is 0.121 e. The zero-order chi connectivity index (χ0) is 8.10. The van der Waals surface area contributed by atoms with E-state index in [1.165, 1.54) is 0 Å². The molecule has 1 radical (unpaired) electrons. The lowest BCUT2D eigenvalue weighted by molar-refractivity contribution is 0.340. The van der Waals surface area contributed by atoms with E-state index in [1.807, 2.05) is 13.0 Å². The minimum Gasteiger partial charge on any atom is -0.494 e. The number of benzene rings is 1. The van der Waals surface area contributed by atoms with Crippen molar-refractivity contribution in [2.24, 2.45) is 0 Å². The first-order chi connectivity index (χ1) is 5.36. The highest BCUT2D eigenvalue weighted by Crippen LogP contribution is 2.11. The molecule has 0 amide bonds. The van der Waals surface area contributed by atoms with Gasteiger partial charge in [0.15, 0.2) is 0 Å². The Hall–Kier alpha value is -1.42. The summed E-state index contributed by atoms with van der Waals surface area (Å²) in [5.41, 5.74) is 0.802. The molecule has 0 atom stereocenters. The average molecular weight is 145 g/mol. The molecule has 0 saturated heterocycles. The zero-order valence-electron chi connectivity index (χ0n) is 6.42. The van der Waals surface area contributed by atoms with E-state index in [1.54, 1.807) is 12.1 Å². The molecule has 0 aliphatic carbocycles. The van der Waals surface area contributed by atoms with Gasteiger partial charge < -0.3 is 4.74 Å². The molecule has 1 aromatic carbocycles. The van der Waals surface area contributed by atoms with Crippen molar-refractivity contribution in [2.75, 3.05) is 6.61 Å². The molecule has 55 valence electrons. The predicted octanol–water partition coefficient (Wildman–Crippen LogP) is 1.87. The minimum atomic E-state index is 0.655. The Morgan fingerprint density at radius 1 is 1.64 bits per heavy atom. The number of terminal acetylenes is 1. The summed E-state index contributed by atoms with van der Waals surface area (Å²) < 4.78 is 5.22. The van der Waals surface area contributed by atoms with E-state index in [9.17, 15) is 0 Å². The summed E-state index contributed by atoms with van der Waals surface area (Å²) in [5.74, 6) is 3.30. The van der Waals surface area contributed by atoms with Crippen LogP contribution in [0.3, 0.4) is 0 Å². The molecule has 0 aliphatic rings. The van der Waals surface area contributed by atoms with Crippen LogP contribution in [0.15, 0.2) is 18.2 Å². The lowest BCUT2D eigenvalue weighted by Gasteiger charge is -2.01. The van der Waals surface area contributed by atoms with Gasteiger partial charge in [-0.1, -0.05) is 5.92 Å². The summed E-state index contributed by atoms with van der Waals surface area (Å²) in [6.45, 7) is 2.59. The Balaban J connectivity index is 2.85. The maximum absolute atomic E-state index is 5.22. The first kappa shape index (κ1) is 7.68. The monoisotopic (exact) mass is 145 g/mol. The number of hydrogen-bond acceptors (Lipinski definition) is 1. The Morgan fingerprint density at radius 2 is 2.45 bits per heavy atom. The fourth-order valence-corrected chi connectivity index (χ4v) is 0.784. The van der Waals surface area contributed by atoms with Gasteiger partial charge in [0.1, 0.15) is 5.75 Å². The van der Waals surface area contributed by atoms with Gasteiger partial charge in [-0.05, 0) is 31.2 Å². The molecule has 0 unspecified atom stereocenters. The first-order valence-electron chi connectivity index (χ1n) is 3.47. The third kappa shape index (κ3) is 2.01. The molecule has 1 rings (SSSR count). The van der Waals surface area contributed by atoms with Gasteiger partial charge in [-0.3, -0.25) is 0 Å². The van der Waals surface area contributed by atoms with E-state index in [2.05, 4.69) is 12.0 Å². The quantitative estimate of drug-likeness (QED) is 0.577. The molecular formula is C10H9O. The highest BCUT2D eigenvalue weighted by atomic mass is 16.5. The SMILES string of the molecule is C#Cc1c[c]cc(OCC)c1. The van der Waals surface area contributed by atoms with Crippen LogP contribution >= 0.6 is 0 Å². The summed E-state index contributed by atoms with van der Waals surface area (Å²) >= 11 is 0. The van der Waals surface area contributed by atoms with Crippen molar-refractivity contribution in [2.45, 2.75) is 6.92 Å². The fourth-order valence-electron chi connectivity index (χ4n) is 0.784. The average Bonchev–Trinajstić information content (AvgIpc) is 2.06. The third-order valence-electron chi connectivity index (χ3n) is 1.24. The summed E-state index contributed by atoms with van der Waals surface area (Å²) in [6, 6.07) is 8.24. The molecule has 0 N–H and O–H groups in total. The van der Waals surface area contributed by atoms with Gasteiger partial charge in [0, 0.05) is 5.56 Å². The standard InChI is InChI=1S/C10H9O/c1-3-9-6-5-7-10(8-9)11-4-2/h1,6-8H,4H2,2H3. The fraction of sp³-hybridized carbons (Fsp3) is 0.200. The molecule has 0 fully saturated rings. The van der Waals surface area contributed by atoms with E-state index in [0.717, 1.165) is 11.3 Å². The van der Waals surface area contributed by atoms with E-state index < -0.39 is 0 Å². The molecule has 0 spiro atoms. The van der Waals surface area contributed by atoms with Gasteiger partial charge in [-0.15, -0.1) is 6.42 Å². The van der Waals surface area contributed by atoms with Crippen LogP contribution in [-0.4, -0.2) is 6.61 Å². The predicted molar refractivity (Wildman–Crippen MR) is 44.4 cm³/mol. The van der Waals surface area contributed by atoms with Gasteiger partial charge in [-0.2, -0.15) is 0 Å². The molecule has 1 aromatic rings. The van der Waals surface area contributed by atoms with Gasteiger partial charge in [0.2, 0.25) is 0 Å². The lowest BCUT2D eigenvalue weighted by Crippen LogP contribution is -1.90. The Labute approximate surface area is 67.0 Å². The molecule has 0 bridgehead atoms. The van der Waals surface area contributed by atoms with E-state index in [0.29, 0.717) is 6.61 Å². The van der Waals surface area contributed by atoms with Crippen LogP contribution < -0.4 is 4.74 Å². The maximum atomic E-state index is 5.22. The largest absolute Gasteiger partial charge is 0.494 e. The summed E-state index contributed by atoms with van der Waals surface area (Å²) in [7, 11) is 0. The number of hydrogen-bond donors (Lipinski definition) is 0. The Kier molecular flexibility index (Phi) is 2.57. The zero-order valence-corrected chi connectivity index (χ0v) is 6.42. The summed E-state index contributed by atoms with van der Waals surface area (Å²) in [6.07, 6.45) is 5.19. The Morgan fingerprint density at radius 3 is 3.09 bits per heavy atom. The van der Waals surface area contributed by atoms with Gasteiger partial charge in [-0.25, -0.2) is 0 Å². The van der Waals surface area contributed by atoms with E-state index in [4.69, 9.17) is 11.2 Å². The molecule has 0 aliphatic heterocycles. The van der Waals surface area contributed by atoms with Crippen molar-refractivity contribution < 1.29 is 4.74 Å². The van der Waals surface area contributed by atoms with Crippen LogP contribution in [0.25, 0.3) is 0 Å². The minimum absolute atomic E-state index is 0.655. The number of rotatable bonds is 2. The van der Waals surface area contributed by atoms with E-state index in [-0.39, 0.29) is 0 Å². The van der Waals surface area contributed by atoms with Crippen molar-refractivity contribution in [3.05, 3.63) is 29.8 Å². The van der Waals surface area contributed by atoms with Crippen LogP contribution in [-0.2, 0) is 0 Å². The summed E-state index contributed by atoms with van der Waals surface area (Å²) in [4.78, 5) is 0. The highest BCUT2D eigenvalue weighted by molar-refractivity contribution is 5.37. The molecule has 0 saturated carbocycles. The summed E-state index contributed by atoms with van der Waals surface area (Å²) in [5, 5.41) is 0. The normalized spacial score (nSPS) is 8.73. The molecule has 1 nitrogen and oxygen atoms in total. The van der Waals surface area contributed by atoms with E-state index >= 15 is 0 Å². The molecule has 0 aromatic heterocycles. The smallest absolute Gasteiger partial charge is 0.121 e. The van der Waals surface area contributed by atoms with Crippen molar-refractivity contribution in [1.82, 2.24) is 0 Å². The van der Waals surface area contributed by atoms with Crippen LogP contribution in [0, 0.1) is 18.4 Å².